The van der Waals surface area contributed by atoms with Gasteiger partial charge in [0.1, 0.15) is 0 Å². The van der Waals surface area contributed by atoms with Crippen molar-refractivity contribution in [2.45, 2.75) is 26.4 Å². The van der Waals surface area contributed by atoms with E-state index < -0.39 is 12.0 Å². The summed E-state index contributed by atoms with van der Waals surface area (Å²) in [6, 6.07) is 5.38. The molecule has 4 nitrogen and oxygen atoms in total. The minimum absolute atomic E-state index is 0.272. The van der Waals surface area contributed by atoms with Crippen LogP contribution in [0.3, 0.4) is 0 Å². The largest absolute Gasteiger partial charge is 0.453 e. The first-order chi connectivity index (χ1) is 8.82. The Morgan fingerprint density at radius 3 is 2.53 bits per heavy atom. The topological polar surface area (TPSA) is 56.7 Å². The number of nitrogen functional groups attached to an aromatic ring is 1. The third-order valence-corrected chi connectivity index (χ3v) is 2.73. The molecule has 0 saturated carbocycles. The Labute approximate surface area is 108 Å². The van der Waals surface area contributed by atoms with Crippen LogP contribution in [0.1, 0.15) is 23.9 Å². The fraction of sp³-hybridized carbons (Fsp3) is 0.333. The second kappa shape index (κ2) is 4.56. The van der Waals surface area contributed by atoms with Crippen LogP contribution < -0.4 is 5.73 Å². The minimum Gasteiger partial charge on any atom is -0.368 e. The summed E-state index contributed by atoms with van der Waals surface area (Å²) in [7, 11) is 0. The molecule has 0 aliphatic rings. The molecule has 0 saturated heterocycles. The molecule has 2 rings (SSSR count). The highest BCUT2D eigenvalue weighted by Crippen LogP contribution is 2.28. The van der Waals surface area contributed by atoms with Gasteiger partial charge in [-0.05, 0) is 25.0 Å². The molecule has 1 aromatic heterocycles. The molecule has 0 aliphatic heterocycles. The van der Waals surface area contributed by atoms with Crippen molar-refractivity contribution in [3.8, 4) is 5.69 Å². The van der Waals surface area contributed by atoms with E-state index in [2.05, 4.69) is 10.1 Å². The molecule has 7 heteroatoms. The van der Waals surface area contributed by atoms with Crippen LogP contribution in [0, 0.1) is 6.92 Å². The van der Waals surface area contributed by atoms with E-state index in [1.165, 1.54) is 0 Å². The first-order valence-electron chi connectivity index (χ1n) is 5.72. The van der Waals surface area contributed by atoms with Crippen molar-refractivity contribution >= 4 is 5.95 Å². The number of rotatable bonds is 2. The molecule has 0 atom stereocenters. The maximum Gasteiger partial charge on any atom is 0.453 e. The average Bonchev–Trinajstić information content (AvgIpc) is 2.71. The number of nitrogens with zero attached hydrogens (tertiary/aromatic N) is 3. The van der Waals surface area contributed by atoms with E-state index in [-0.39, 0.29) is 5.95 Å². The van der Waals surface area contributed by atoms with Crippen molar-refractivity contribution in [2.75, 3.05) is 5.73 Å². The van der Waals surface area contributed by atoms with Crippen LogP contribution in [0.5, 0.6) is 0 Å². The molecule has 0 unspecified atom stereocenters. The van der Waals surface area contributed by atoms with Crippen molar-refractivity contribution in [2.24, 2.45) is 0 Å². The van der Waals surface area contributed by atoms with E-state index in [9.17, 15) is 13.2 Å². The first kappa shape index (κ1) is 13.4. The Hall–Kier alpha value is -2.05. The van der Waals surface area contributed by atoms with Gasteiger partial charge < -0.3 is 5.73 Å². The average molecular weight is 270 g/mol. The molecule has 1 heterocycles. The monoisotopic (exact) mass is 270 g/mol. The molecule has 2 aromatic rings. The highest BCUT2D eigenvalue weighted by Gasteiger charge is 2.37. The summed E-state index contributed by atoms with van der Waals surface area (Å²) in [6.45, 7) is 3.82. The van der Waals surface area contributed by atoms with Crippen molar-refractivity contribution in [3.05, 3.63) is 35.2 Å². The molecule has 19 heavy (non-hydrogen) atoms. The number of aromatic nitrogens is 3. The molecule has 0 radical (unpaired) electrons. The molecule has 0 fully saturated rings. The second-order valence-electron chi connectivity index (χ2n) is 4.19. The Kier molecular flexibility index (Phi) is 3.21. The van der Waals surface area contributed by atoms with Gasteiger partial charge in [0, 0.05) is 0 Å². The van der Waals surface area contributed by atoms with Crippen LogP contribution >= 0.6 is 0 Å². The zero-order valence-electron chi connectivity index (χ0n) is 10.5. The lowest BCUT2D eigenvalue weighted by Crippen LogP contribution is -2.09. The molecule has 1 aromatic carbocycles. The van der Waals surface area contributed by atoms with E-state index in [4.69, 9.17) is 5.73 Å². The Morgan fingerprint density at radius 2 is 2.00 bits per heavy atom. The SMILES string of the molecule is CCc1cc(C)ccc1-n1nc(C(F)(F)F)nc1N. The van der Waals surface area contributed by atoms with Gasteiger partial charge >= 0.3 is 6.18 Å². The maximum atomic E-state index is 12.5. The van der Waals surface area contributed by atoms with Crippen LogP contribution in [0.2, 0.25) is 0 Å². The number of benzene rings is 1. The van der Waals surface area contributed by atoms with Crippen LogP contribution in [0.25, 0.3) is 5.69 Å². The number of halogens is 3. The molecule has 0 bridgehead atoms. The van der Waals surface area contributed by atoms with Crippen molar-refractivity contribution in [1.29, 1.82) is 0 Å². The smallest absolute Gasteiger partial charge is 0.368 e. The normalized spacial score (nSPS) is 11.8. The van der Waals surface area contributed by atoms with Gasteiger partial charge in [-0.25, -0.2) is 0 Å². The summed E-state index contributed by atoms with van der Waals surface area (Å²) < 4.78 is 38.7. The van der Waals surface area contributed by atoms with Crippen molar-refractivity contribution in [1.82, 2.24) is 14.8 Å². The molecule has 0 aliphatic carbocycles. The van der Waals surface area contributed by atoms with Gasteiger partial charge in [-0.15, -0.1) is 5.10 Å². The summed E-state index contributed by atoms with van der Waals surface area (Å²) in [5, 5.41) is 3.45. The summed E-state index contributed by atoms with van der Waals surface area (Å²) in [5.74, 6) is -1.50. The summed E-state index contributed by atoms with van der Waals surface area (Å²) in [5.41, 5.74) is 7.93. The van der Waals surface area contributed by atoms with E-state index in [1.807, 2.05) is 19.9 Å². The van der Waals surface area contributed by atoms with Gasteiger partial charge in [-0.1, -0.05) is 24.6 Å². The standard InChI is InChI=1S/C12H13F3N4/c1-3-8-6-7(2)4-5-9(8)19-11(16)17-10(18-19)12(13,14)15/h4-6H,3H2,1-2H3,(H2,16,17,18). The van der Waals surface area contributed by atoms with Crippen LogP contribution in [0.15, 0.2) is 18.2 Å². The number of hydrogen-bond acceptors (Lipinski definition) is 3. The van der Waals surface area contributed by atoms with Crippen LogP contribution in [-0.4, -0.2) is 14.8 Å². The third-order valence-electron chi connectivity index (χ3n) is 2.73. The Bertz CT molecular complexity index is 602. The summed E-state index contributed by atoms with van der Waals surface area (Å²) in [4.78, 5) is 3.26. The van der Waals surface area contributed by atoms with E-state index in [1.54, 1.807) is 12.1 Å². The van der Waals surface area contributed by atoms with Gasteiger partial charge in [0.2, 0.25) is 5.95 Å². The van der Waals surface area contributed by atoms with E-state index in [0.717, 1.165) is 15.8 Å². The lowest BCUT2D eigenvalue weighted by atomic mass is 10.1. The quantitative estimate of drug-likeness (QED) is 0.912. The Balaban J connectivity index is 2.56. The highest BCUT2D eigenvalue weighted by atomic mass is 19.4. The lowest BCUT2D eigenvalue weighted by molar-refractivity contribution is -0.144. The van der Waals surface area contributed by atoms with E-state index >= 15 is 0 Å². The molecular formula is C12H13F3N4. The minimum atomic E-state index is -4.60. The van der Waals surface area contributed by atoms with Crippen molar-refractivity contribution in [3.63, 3.8) is 0 Å². The maximum absolute atomic E-state index is 12.5. The zero-order valence-corrected chi connectivity index (χ0v) is 10.5. The van der Waals surface area contributed by atoms with Gasteiger partial charge in [-0.2, -0.15) is 22.8 Å². The first-order valence-corrected chi connectivity index (χ1v) is 5.72. The summed E-state index contributed by atoms with van der Waals surface area (Å²) >= 11 is 0. The van der Waals surface area contributed by atoms with Gasteiger partial charge in [-0.3, -0.25) is 0 Å². The van der Waals surface area contributed by atoms with Crippen LogP contribution in [-0.2, 0) is 12.6 Å². The van der Waals surface area contributed by atoms with Gasteiger partial charge in [0.25, 0.3) is 5.82 Å². The summed E-state index contributed by atoms with van der Waals surface area (Å²) in [6.07, 6.45) is -3.94. The molecular weight excluding hydrogens is 257 g/mol. The predicted octanol–water partition coefficient (Wildman–Crippen LogP) is 2.74. The Morgan fingerprint density at radius 1 is 1.32 bits per heavy atom. The number of alkyl halides is 3. The third kappa shape index (κ3) is 2.54. The number of anilines is 1. The fourth-order valence-corrected chi connectivity index (χ4v) is 1.83. The molecule has 0 amide bonds. The fourth-order valence-electron chi connectivity index (χ4n) is 1.83. The number of nitrogens with two attached hydrogens (primary N) is 1. The number of hydrogen-bond donors (Lipinski definition) is 1. The van der Waals surface area contributed by atoms with Gasteiger partial charge in [0.05, 0.1) is 5.69 Å². The molecule has 2 N–H and O–H groups in total. The van der Waals surface area contributed by atoms with Crippen LogP contribution in [0.4, 0.5) is 19.1 Å². The zero-order chi connectivity index (χ0) is 14.2. The number of aryl methyl sites for hydroxylation is 2. The predicted molar refractivity (Wildman–Crippen MR) is 64.9 cm³/mol. The second-order valence-corrected chi connectivity index (χ2v) is 4.19. The van der Waals surface area contributed by atoms with Gasteiger partial charge in [0.15, 0.2) is 0 Å². The lowest BCUT2D eigenvalue weighted by Gasteiger charge is -2.09. The molecule has 0 spiro atoms. The molecule has 102 valence electrons. The van der Waals surface area contributed by atoms with E-state index in [0.29, 0.717) is 12.1 Å². The van der Waals surface area contributed by atoms with Crippen molar-refractivity contribution < 1.29 is 13.2 Å². The highest BCUT2D eigenvalue weighted by molar-refractivity contribution is 5.46.